The lowest BCUT2D eigenvalue weighted by atomic mass is 9.71. The second kappa shape index (κ2) is 8.38. The number of allylic oxidation sites excluding steroid dienone is 4. The van der Waals surface area contributed by atoms with E-state index in [0.29, 0.717) is 17.5 Å². The van der Waals surface area contributed by atoms with Gasteiger partial charge in [-0.05, 0) is 49.5 Å². The maximum absolute atomic E-state index is 3.93. The van der Waals surface area contributed by atoms with Crippen LogP contribution in [0.5, 0.6) is 0 Å². The molecule has 0 radical (unpaired) electrons. The summed E-state index contributed by atoms with van der Waals surface area (Å²) in [7, 11) is 0. The van der Waals surface area contributed by atoms with Crippen molar-refractivity contribution in [3.05, 3.63) is 49.1 Å². The molecule has 1 heteroatoms. The molecule has 0 saturated heterocycles. The Morgan fingerprint density at radius 1 is 1.10 bits per heavy atom. The lowest BCUT2D eigenvalue weighted by Crippen LogP contribution is -2.41. The van der Waals surface area contributed by atoms with Crippen molar-refractivity contribution in [1.82, 2.24) is 5.32 Å². The molecule has 0 aromatic rings. The molecule has 1 rings (SSSR count). The van der Waals surface area contributed by atoms with Gasteiger partial charge in [0.1, 0.15) is 0 Å². The molecule has 1 aliphatic carbocycles. The molecule has 1 unspecified atom stereocenters. The van der Waals surface area contributed by atoms with Gasteiger partial charge in [0, 0.05) is 12.1 Å². The van der Waals surface area contributed by atoms with Gasteiger partial charge in [-0.2, -0.15) is 0 Å². The minimum Gasteiger partial charge on any atom is -0.307 e. The van der Waals surface area contributed by atoms with Crippen molar-refractivity contribution in [3.8, 4) is 0 Å². The SMILES string of the molecule is C=C/C=C\C=C(/C=C)C(C)NC1CCC(C(C)(C)C)CC1. The van der Waals surface area contributed by atoms with Gasteiger partial charge in [0.25, 0.3) is 0 Å². The summed E-state index contributed by atoms with van der Waals surface area (Å²) in [5, 5.41) is 3.77. The fourth-order valence-electron chi connectivity index (χ4n) is 3.21. The van der Waals surface area contributed by atoms with Crippen LogP contribution < -0.4 is 5.32 Å². The highest BCUT2D eigenvalue weighted by molar-refractivity contribution is 5.27. The molecule has 0 heterocycles. The minimum absolute atomic E-state index is 0.355. The van der Waals surface area contributed by atoms with Gasteiger partial charge in [-0.25, -0.2) is 0 Å². The van der Waals surface area contributed by atoms with Crippen LogP contribution in [0.3, 0.4) is 0 Å². The van der Waals surface area contributed by atoms with E-state index in [-0.39, 0.29) is 0 Å². The fraction of sp³-hybridized carbons (Fsp3) is 0.600. The Morgan fingerprint density at radius 3 is 2.19 bits per heavy atom. The average Bonchev–Trinajstić information content (AvgIpc) is 2.43. The zero-order valence-electron chi connectivity index (χ0n) is 14.4. The number of hydrogen-bond acceptors (Lipinski definition) is 1. The van der Waals surface area contributed by atoms with Gasteiger partial charge in [-0.1, -0.05) is 64.3 Å². The lowest BCUT2D eigenvalue weighted by molar-refractivity contribution is 0.158. The first-order valence-corrected chi connectivity index (χ1v) is 8.26. The first kappa shape index (κ1) is 18.0. The van der Waals surface area contributed by atoms with Crippen molar-refractivity contribution >= 4 is 0 Å². The van der Waals surface area contributed by atoms with Gasteiger partial charge >= 0.3 is 0 Å². The van der Waals surface area contributed by atoms with Crippen LogP contribution in [0.1, 0.15) is 53.4 Å². The van der Waals surface area contributed by atoms with Crippen LogP contribution in [-0.4, -0.2) is 12.1 Å². The molecule has 0 aliphatic heterocycles. The normalized spacial score (nSPS) is 25.8. The molecular weight excluding hydrogens is 254 g/mol. The molecular formula is C20H33N. The second-order valence-corrected chi connectivity index (χ2v) is 7.29. The van der Waals surface area contributed by atoms with Gasteiger partial charge in [0.05, 0.1) is 0 Å². The third kappa shape index (κ3) is 6.05. The lowest BCUT2D eigenvalue weighted by Gasteiger charge is -2.38. The summed E-state index contributed by atoms with van der Waals surface area (Å²) in [5.74, 6) is 0.871. The molecule has 0 spiro atoms. The van der Waals surface area contributed by atoms with E-state index in [4.69, 9.17) is 0 Å². The number of rotatable bonds is 6. The summed E-state index contributed by atoms with van der Waals surface area (Å²) in [6, 6.07) is 0.999. The Labute approximate surface area is 131 Å². The smallest absolute Gasteiger partial charge is 0.0294 e. The van der Waals surface area contributed by atoms with E-state index in [2.05, 4.69) is 52.2 Å². The predicted octanol–water partition coefficient (Wildman–Crippen LogP) is 5.42. The quantitative estimate of drug-likeness (QED) is 0.643. The van der Waals surface area contributed by atoms with E-state index in [1.807, 2.05) is 18.2 Å². The molecule has 118 valence electrons. The maximum atomic E-state index is 3.93. The molecule has 0 amide bonds. The Hall–Kier alpha value is -1.08. The highest BCUT2D eigenvalue weighted by atomic mass is 14.9. The van der Waals surface area contributed by atoms with Gasteiger partial charge in [-0.15, -0.1) is 0 Å². The summed E-state index contributed by atoms with van der Waals surface area (Å²) >= 11 is 0. The van der Waals surface area contributed by atoms with E-state index in [0.717, 1.165) is 5.92 Å². The molecule has 21 heavy (non-hydrogen) atoms. The topological polar surface area (TPSA) is 12.0 Å². The largest absolute Gasteiger partial charge is 0.307 e. The molecule has 0 bridgehead atoms. The first-order chi connectivity index (χ1) is 9.88. The van der Waals surface area contributed by atoms with Crippen molar-refractivity contribution in [2.45, 2.75) is 65.5 Å². The zero-order chi connectivity index (χ0) is 15.9. The molecule has 1 saturated carbocycles. The van der Waals surface area contributed by atoms with E-state index < -0.39 is 0 Å². The Morgan fingerprint density at radius 2 is 1.71 bits per heavy atom. The van der Waals surface area contributed by atoms with E-state index >= 15 is 0 Å². The number of nitrogens with one attached hydrogen (secondary N) is 1. The Kier molecular flexibility index (Phi) is 7.17. The van der Waals surface area contributed by atoms with Gasteiger partial charge in [0.2, 0.25) is 0 Å². The number of hydrogen-bond donors (Lipinski definition) is 1. The fourth-order valence-corrected chi connectivity index (χ4v) is 3.21. The molecule has 0 aromatic carbocycles. The van der Waals surface area contributed by atoms with Gasteiger partial charge < -0.3 is 5.32 Å². The summed E-state index contributed by atoms with van der Waals surface area (Å²) in [6.07, 6.45) is 15.1. The third-order valence-corrected chi connectivity index (χ3v) is 4.71. The third-order valence-electron chi connectivity index (χ3n) is 4.71. The molecule has 1 aliphatic rings. The maximum Gasteiger partial charge on any atom is 0.0294 e. The molecule has 1 nitrogen and oxygen atoms in total. The predicted molar refractivity (Wildman–Crippen MR) is 95.4 cm³/mol. The van der Waals surface area contributed by atoms with Crippen LogP contribution in [0.25, 0.3) is 0 Å². The standard InChI is InChI=1S/C20H33N/c1-7-9-10-11-17(8-2)16(3)21-19-14-12-18(13-15-19)20(4,5)6/h7-11,16,18-19,21H,1-2,12-15H2,3-6H3/b10-9-,17-11+. The van der Waals surface area contributed by atoms with Crippen molar-refractivity contribution in [3.63, 3.8) is 0 Å². The summed E-state index contributed by atoms with van der Waals surface area (Å²) in [5.41, 5.74) is 1.70. The van der Waals surface area contributed by atoms with E-state index in [1.54, 1.807) is 6.08 Å². The summed E-state index contributed by atoms with van der Waals surface area (Å²) in [6.45, 7) is 17.0. The van der Waals surface area contributed by atoms with Crippen LogP contribution in [0.2, 0.25) is 0 Å². The molecule has 1 atom stereocenters. The molecule has 1 N–H and O–H groups in total. The second-order valence-electron chi connectivity index (χ2n) is 7.29. The van der Waals surface area contributed by atoms with Crippen LogP contribution in [0.4, 0.5) is 0 Å². The van der Waals surface area contributed by atoms with Crippen molar-refractivity contribution in [2.75, 3.05) is 0 Å². The van der Waals surface area contributed by atoms with E-state index in [9.17, 15) is 0 Å². The van der Waals surface area contributed by atoms with Gasteiger partial charge in [0.15, 0.2) is 0 Å². The summed E-state index contributed by atoms with van der Waals surface area (Å²) < 4.78 is 0. The first-order valence-electron chi connectivity index (χ1n) is 8.26. The van der Waals surface area contributed by atoms with E-state index in [1.165, 1.54) is 31.3 Å². The molecule has 1 fully saturated rings. The van der Waals surface area contributed by atoms with Crippen LogP contribution in [0, 0.1) is 11.3 Å². The van der Waals surface area contributed by atoms with Crippen LogP contribution in [-0.2, 0) is 0 Å². The summed E-state index contributed by atoms with van der Waals surface area (Å²) in [4.78, 5) is 0. The molecule has 0 aromatic heterocycles. The highest BCUT2D eigenvalue weighted by Gasteiger charge is 2.30. The van der Waals surface area contributed by atoms with Crippen LogP contribution >= 0.6 is 0 Å². The minimum atomic E-state index is 0.355. The zero-order valence-corrected chi connectivity index (χ0v) is 14.4. The van der Waals surface area contributed by atoms with Crippen LogP contribution in [0.15, 0.2) is 49.1 Å². The highest BCUT2D eigenvalue weighted by Crippen LogP contribution is 2.37. The van der Waals surface area contributed by atoms with Crippen molar-refractivity contribution in [2.24, 2.45) is 11.3 Å². The average molecular weight is 287 g/mol. The van der Waals surface area contributed by atoms with Crippen molar-refractivity contribution in [1.29, 1.82) is 0 Å². The monoisotopic (exact) mass is 287 g/mol. The van der Waals surface area contributed by atoms with Crippen molar-refractivity contribution < 1.29 is 0 Å². The Balaban J connectivity index is 2.51. The Bertz CT molecular complexity index is 387. The van der Waals surface area contributed by atoms with Gasteiger partial charge in [-0.3, -0.25) is 0 Å².